The number of aryl methyl sites for hydroxylation is 1. The third-order valence-electron chi connectivity index (χ3n) is 3.30. The van der Waals surface area contributed by atoms with E-state index in [0.29, 0.717) is 28.2 Å². The third-order valence-corrected chi connectivity index (χ3v) is 3.53. The van der Waals surface area contributed by atoms with Gasteiger partial charge < -0.3 is 20.9 Å². The first-order valence-electron chi connectivity index (χ1n) is 7.41. The van der Waals surface area contributed by atoms with E-state index in [1.165, 1.54) is 6.33 Å². The molecule has 3 aromatic heterocycles. The fourth-order valence-corrected chi connectivity index (χ4v) is 2.21. The molecule has 4 N–H and O–H groups in total. The van der Waals surface area contributed by atoms with Gasteiger partial charge in [-0.1, -0.05) is 11.6 Å². The van der Waals surface area contributed by atoms with Gasteiger partial charge in [-0.25, -0.2) is 19.9 Å². The van der Waals surface area contributed by atoms with Crippen LogP contribution in [0.15, 0.2) is 43.4 Å². The SMILES string of the molecule is Nc1c(NCCCn2ccnc2)ncnc1Nc1ccc(Cl)cn1. The number of nitrogens with zero attached hydrogens (tertiary/aromatic N) is 5. The third kappa shape index (κ3) is 4.11. The number of halogens is 1. The average Bonchev–Trinajstić information content (AvgIpc) is 3.10. The fourth-order valence-electron chi connectivity index (χ4n) is 2.09. The first-order valence-corrected chi connectivity index (χ1v) is 7.79. The van der Waals surface area contributed by atoms with E-state index in [4.69, 9.17) is 17.3 Å². The van der Waals surface area contributed by atoms with Gasteiger partial charge in [0.05, 0.1) is 11.3 Å². The van der Waals surface area contributed by atoms with Crippen molar-refractivity contribution in [2.24, 2.45) is 0 Å². The highest BCUT2D eigenvalue weighted by Crippen LogP contribution is 2.25. The molecule has 0 amide bonds. The molecule has 0 unspecified atom stereocenters. The molecular weight excluding hydrogens is 328 g/mol. The standard InChI is InChI=1S/C15H17ClN8/c16-11-2-3-12(20-8-11)23-15-13(17)14(21-9-22-15)19-4-1-6-24-7-5-18-10-24/h2-3,5,7-10H,1,4,6,17H2,(H2,19,20,21,22,23). The van der Waals surface area contributed by atoms with Crippen LogP contribution in [0.2, 0.25) is 5.02 Å². The second-order valence-corrected chi connectivity index (χ2v) is 5.49. The number of hydrogen-bond donors (Lipinski definition) is 3. The van der Waals surface area contributed by atoms with Crippen molar-refractivity contribution in [3.63, 3.8) is 0 Å². The summed E-state index contributed by atoms with van der Waals surface area (Å²) in [5.41, 5.74) is 6.56. The molecule has 0 aromatic carbocycles. The number of rotatable bonds is 7. The molecule has 0 aliphatic carbocycles. The lowest BCUT2D eigenvalue weighted by Crippen LogP contribution is -2.11. The Bertz CT molecular complexity index is 773. The van der Waals surface area contributed by atoms with E-state index in [0.717, 1.165) is 19.5 Å². The summed E-state index contributed by atoms with van der Waals surface area (Å²) < 4.78 is 2.02. The minimum absolute atomic E-state index is 0.442. The van der Waals surface area contributed by atoms with Crippen LogP contribution in [0.1, 0.15) is 6.42 Å². The summed E-state index contributed by atoms with van der Waals surface area (Å²) in [6, 6.07) is 3.49. The van der Waals surface area contributed by atoms with Crippen LogP contribution in [-0.4, -0.2) is 31.0 Å². The number of aromatic nitrogens is 5. The molecule has 9 heteroatoms. The Labute approximate surface area is 144 Å². The lowest BCUT2D eigenvalue weighted by molar-refractivity contribution is 0.660. The number of anilines is 4. The summed E-state index contributed by atoms with van der Waals surface area (Å²) in [7, 11) is 0. The summed E-state index contributed by atoms with van der Waals surface area (Å²) >= 11 is 5.82. The first kappa shape index (κ1) is 16.0. The van der Waals surface area contributed by atoms with Crippen LogP contribution in [0, 0.1) is 0 Å². The molecular formula is C15H17ClN8. The van der Waals surface area contributed by atoms with Crippen molar-refractivity contribution in [3.05, 3.63) is 48.4 Å². The highest BCUT2D eigenvalue weighted by atomic mass is 35.5. The number of hydrogen-bond acceptors (Lipinski definition) is 7. The Morgan fingerprint density at radius 1 is 1.17 bits per heavy atom. The molecule has 0 saturated carbocycles. The van der Waals surface area contributed by atoms with Gasteiger partial charge in [-0.15, -0.1) is 0 Å². The van der Waals surface area contributed by atoms with Gasteiger partial charge in [-0.3, -0.25) is 0 Å². The van der Waals surface area contributed by atoms with Gasteiger partial charge in [0.15, 0.2) is 11.6 Å². The molecule has 124 valence electrons. The zero-order chi connectivity index (χ0) is 16.8. The van der Waals surface area contributed by atoms with E-state index in [9.17, 15) is 0 Å². The van der Waals surface area contributed by atoms with Gasteiger partial charge in [0.25, 0.3) is 0 Å². The zero-order valence-electron chi connectivity index (χ0n) is 12.9. The second-order valence-electron chi connectivity index (χ2n) is 5.05. The van der Waals surface area contributed by atoms with Gasteiger partial charge in [-0.05, 0) is 18.6 Å². The first-order chi connectivity index (χ1) is 11.7. The summed E-state index contributed by atoms with van der Waals surface area (Å²) in [4.78, 5) is 16.5. The minimum Gasteiger partial charge on any atom is -0.393 e. The molecule has 3 rings (SSSR count). The van der Waals surface area contributed by atoms with Gasteiger partial charge in [0.1, 0.15) is 17.8 Å². The maximum Gasteiger partial charge on any atom is 0.160 e. The van der Waals surface area contributed by atoms with Crippen molar-refractivity contribution < 1.29 is 0 Å². The molecule has 3 heterocycles. The highest BCUT2D eigenvalue weighted by molar-refractivity contribution is 6.30. The Balaban J connectivity index is 1.59. The highest BCUT2D eigenvalue weighted by Gasteiger charge is 2.08. The monoisotopic (exact) mass is 344 g/mol. The molecule has 0 spiro atoms. The predicted octanol–water partition coefficient (Wildman–Crippen LogP) is 2.55. The van der Waals surface area contributed by atoms with E-state index >= 15 is 0 Å². The smallest absolute Gasteiger partial charge is 0.160 e. The van der Waals surface area contributed by atoms with Crippen molar-refractivity contribution in [2.75, 3.05) is 22.9 Å². The molecule has 24 heavy (non-hydrogen) atoms. The molecule has 0 aliphatic rings. The lowest BCUT2D eigenvalue weighted by atomic mass is 10.3. The van der Waals surface area contributed by atoms with Crippen LogP contribution in [0.25, 0.3) is 0 Å². The summed E-state index contributed by atoms with van der Waals surface area (Å²) in [5.74, 6) is 1.69. The van der Waals surface area contributed by atoms with Crippen LogP contribution >= 0.6 is 11.6 Å². The fraction of sp³-hybridized carbons (Fsp3) is 0.200. The summed E-state index contributed by atoms with van der Waals surface area (Å²) in [6.07, 6.45) is 9.41. The predicted molar refractivity (Wildman–Crippen MR) is 94.3 cm³/mol. The number of nitrogens with one attached hydrogen (secondary N) is 2. The van der Waals surface area contributed by atoms with Crippen molar-refractivity contribution in [1.82, 2.24) is 24.5 Å². The van der Waals surface area contributed by atoms with E-state index in [2.05, 4.69) is 30.6 Å². The molecule has 0 atom stereocenters. The number of nitrogen functional groups attached to an aromatic ring is 1. The second kappa shape index (κ2) is 7.60. The van der Waals surface area contributed by atoms with Gasteiger partial charge >= 0.3 is 0 Å². The molecule has 0 fully saturated rings. The Kier molecular flexibility index (Phi) is 5.07. The number of nitrogens with two attached hydrogens (primary N) is 1. The molecule has 3 aromatic rings. The maximum atomic E-state index is 6.12. The van der Waals surface area contributed by atoms with Crippen LogP contribution < -0.4 is 16.4 Å². The van der Waals surface area contributed by atoms with E-state index < -0.39 is 0 Å². The normalized spacial score (nSPS) is 10.5. The molecule has 0 aliphatic heterocycles. The molecule has 0 bridgehead atoms. The van der Waals surface area contributed by atoms with Gasteiger partial charge in [-0.2, -0.15) is 0 Å². The number of imidazole rings is 1. The quantitative estimate of drug-likeness (QED) is 0.565. The van der Waals surface area contributed by atoms with Gasteiger partial charge in [0.2, 0.25) is 0 Å². The van der Waals surface area contributed by atoms with E-state index in [1.807, 2.05) is 10.8 Å². The van der Waals surface area contributed by atoms with Crippen molar-refractivity contribution in [3.8, 4) is 0 Å². The minimum atomic E-state index is 0.442. The van der Waals surface area contributed by atoms with Crippen LogP contribution in [-0.2, 0) is 6.54 Å². The van der Waals surface area contributed by atoms with Crippen molar-refractivity contribution >= 4 is 34.7 Å². The van der Waals surface area contributed by atoms with Crippen LogP contribution in [0.3, 0.4) is 0 Å². The Hall–Kier alpha value is -2.87. The Morgan fingerprint density at radius 3 is 2.79 bits per heavy atom. The molecule has 8 nitrogen and oxygen atoms in total. The van der Waals surface area contributed by atoms with E-state index in [1.54, 1.807) is 30.9 Å². The van der Waals surface area contributed by atoms with Gasteiger partial charge in [0, 0.05) is 31.7 Å². The van der Waals surface area contributed by atoms with E-state index in [-0.39, 0.29) is 0 Å². The largest absolute Gasteiger partial charge is 0.393 e. The maximum absolute atomic E-state index is 6.12. The summed E-state index contributed by atoms with van der Waals surface area (Å²) in [5, 5.41) is 6.84. The van der Waals surface area contributed by atoms with Crippen LogP contribution in [0.5, 0.6) is 0 Å². The topological polar surface area (TPSA) is 107 Å². The van der Waals surface area contributed by atoms with Crippen molar-refractivity contribution in [2.45, 2.75) is 13.0 Å². The molecule has 0 saturated heterocycles. The zero-order valence-corrected chi connectivity index (χ0v) is 13.6. The lowest BCUT2D eigenvalue weighted by Gasteiger charge is -2.12. The van der Waals surface area contributed by atoms with Crippen LogP contribution in [0.4, 0.5) is 23.1 Å². The Morgan fingerprint density at radius 2 is 2.04 bits per heavy atom. The molecule has 0 radical (unpaired) electrons. The summed E-state index contributed by atoms with van der Waals surface area (Å²) in [6.45, 7) is 1.61. The van der Waals surface area contributed by atoms with Crippen molar-refractivity contribution in [1.29, 1.82) is 0 Å². The average molecular weight is 345 g/mol. The number of pyridine rings is 1.